The van der Waals surface area contributed by atoms with E-state index in [2.05, 4.69) is 16.4 Å². The number of benzene rings is 1. The molecule has 5 N–H and O–H groups in total. The van der Waals surface area contributed by atoms with Crippen molar-refractivity contribution in [2.24, 2.45) is 0 Å². The summed E-state index contributed by atoms with van der Waals surface area (Å²) in [5.74, 6) is -0.100. The van der Waals surface area contributed by atoms with Crippen LogP contribution >= 0.6 is 0 Å². The molecular formula is C17H20N4O3. The maximum absolute atomic E-state index is 12.3. The highest BCUT2D eigenvalue weighted by Gasteiger charge is 2.17. The standard InChI is InChI=1S/C17H20N4O3/c18-13-14(20-17(24)21-15(13)22)16(23)19-12-8-4-7-11(9-12)10-5-2-1-3-6-10/h4,7-10H,1-3,5-6,18H2,(H,19,23)(H2,20,21,22,24). The molecule has 2 aromatic rings. The molecule has 3 rings (SSSR count). The van der Waals surface area contributed by atoms with Crippen LogP contribution in [0.1, 0.15) is 54.1 Å². The third-order valence-electron chi connectivity index (χ3n) is 4.43. The molecule has 24 heavy (non-hydrogen) atoms. The predicted octanol–water partition coefficient (Wildman–Crippen LogP) is 1.95. The second kappa shape index (κ2) is 6.74. The Kier molecular flexibility index (Phi) is 4.50. The number of aromatic amines is 2. The molecule has 7 nitrogen and oxygen atoms in total. The van der Waals surface area contributed by atoms with Crippen molar-refractivity contribution >= 4 is 17.3 Å². The molecule has 0 aliphatic heterocycles. The van der Waals surface area contributed by atoms with E-state index in [1.54, 1.807) is 6.07 Å². The van der Waals surface area contributed by atoms with Crippen molar-refractivity contribution < 1.29 is 4.79 Å². The van der Waals surface area contributed by atoms with Gasteiger partial charge in [0, 0.05) is 5.69 Å². The summed E-state index contributed by atoms with van der Waals surface area (Å²) in [5.41, 5.74) is 5.30. The fourth-order valence-electron chi connectivity index (χ4n) is 3.18. The largest absolute Gasteiger partial charge is 0.392 e. The highest BCUT2D eigenvalue weighted by atomic mass is 16.2. The van der Waals surface area contributed by atoms with Crippen molar-refractivity contribution in [1.29, 1.82) is 0 Å². The molecule has 0 atom stereocenters. The van der Waals surface area contributed by atoms with Gasteiger partial charge in [0.05, 0.1) is 0 Å². The smallest absolute Gasteiger partial charge is 0.326 e. The van der Waals surface area contributed by atoms with Gasteiger partial charge < -0.3 is 16.0 Å². The van der Waals surface area contributed by atoms with E-state index >= 15 is 0 Å². The van der Waals surface area contributed by atoms with Gasteiger partial charge in [0.25, 0.3) is 11.5 Å². The van der Waals surface area contributed by atoms with E-state index in [9.17, 15) is 14.4 Å². The highest BCUT2D eigenvalue weighted by molar-refractivity contribution is 6.06. The molecule has 0 spiro atoms. The second-order valence-corrected chi connectivity index (χ2v) is 6.11. The third-order valence-corrected chi connectivity index (χ3v) is 4.43. The van der Waals surface area contributed by atoms with E-state index in [1.807, 2.05) is 17.1 Å². The monoisotopic (exact) mass is 328 g/mol. The molecule has 1 aliphatic carbocycles. The van der Waals surface area contributed by atoms with Crippen LogP contribution < -0.4 is 22.3 Å². The zero-order chi connectivity index (χ0) is 17.1. The van der Waals surface area contributed by atoms with Crippen molar-refractivity contribution in [1.82, 2.24) is 9.97 Å². The topological polar surface area (TPSA) is 121 Å². The van der Waals surface area contributed by atoms with Gasteiger partial charge in [0.1, 0.15) is 11.4 Å². The van der Waals surface area contributed by atoms with Gasteiger partial charge in [0.2, 0.25) is 0 Å². The predicted molar refractivity (Wildman–Crippen MR) is 92.3 cm³/mol. The average molecular weight is 328 g/mol. The summed E-state index contributed by atoms with van der Waals surface area (Å²) in [6, 6.07) is 7.67. The Morgan fingerprint density at radius 2 is 1.88 bits per heavy atom. The van der Waals surface area contributed by atoms with Gasteiger partial charge in [-0.2, -0.15) is 0 Å². The Morgan fingerprint density at radius 3 is 2.62 bits per heavy atom. The fourth-order valence-corrected chi connectivity index (χ4v) is 3.18. The van der Waals surface area contributed by atoms with Gasteiger partial charge >= 0.3 is 5.69 Å². The van der Waals surface area contributed by atoms with Crippen LogP contribution in [0.5, 0.6) is 0 Å². The van der Waals surface area contributed by atoms with Crippen molar-refractivity contribution in [3.63, 3.8) is 0 Å². The van der Waals surface area contributed by atoms with E-state index < -0.39 is 17.2 Å². The van der Waals surface area contributed by atoms with Crippen LogP contribution in [0.4, 0.5) is 11.4 Å². The van der Waals surface area contributed by atoms with Crippen LogP contribution in [0.3, 0.4) is 0 Å². The van der Waals surface area contributed by atoms with Crippen LogP contribution in [0, 0.1) is 0 Å². The van der Waals surface area contributed by atoms with Crippen LogP contribution in [-0.2, 0) is 0 Å². The number of hydrogen-bond acceptors (Lipinski definition) is 4. The molecule has 0 radical (unpaired) electrons. The lowest BCUT2D eigenvalue weighted by molar-refractivity contribution is 0.102. The summed E-state index contributed by atoms with van der Waals surface area (Å²) >= 11 is 0. The second-order valence-electron chi connectivity index (χ2n) is 6.11. The summed E-state index contributed by atoms with van der Waals surface area (Å²) < 4.78 is 0. The number of nitrogens with one attached hydrogen (secondary N) is 3. The first-order valence-corrected chi connectivity index (χ1v) is 8.08. The fraction of sp³-hybridized carbons (Fsp3) is 0.353. The zero-order valence-corrected chi connectivity index (χ0v) is 13.2. The Hall–Kier alpha value is -2.83. The minimum absolute atomic E-state index is 0.230. The molecule has 0 saturated heterocycles. The van der Waals surface area contributed by atoms with E-state index in [4.69, 9.17) is 5.73 Å². The lowest BCUT2D eigenvalue weighted by Gasteiger charge is -2.22. The number of nitrogen functional groups attached to an aromatic ring is 1. The molecule has 1 aromatic carbocycles. The van der Waals surface area contributed by atoms with Gasteiger partial charge in [-0.15, -0.1) is 0 Å². The number of nitrogens with two attached hydrogens (primary N) is 1. The number of carbonyl (C=O) groups excluding carboxylic acids is 1. The maximum Gasteiger partial charge on any atom is 0.326 e. The van der Waals surface area contributed by atoms with Crippen molar-refractivity contribution in [2.75, 3.05) is 11.1 Å². The third kappa shape index (κ3) is 3.40. The molecule has 7 heteroatoms. The summed E-state index contributed by atoms with van der Waals surface area (Å²) in [6.45, 7) is 0. The van der Waals surface area contributed by atoms with E-state index in [-0.39, 0.29) is 11.4 Å². The Balaban J connectivity index is 1.82. The lowest BCUT2D eigenvalue weighted by atomic mass is 9.84. The molecule has 1 heterocycles. The van der Waals surface area contributed by atoms with Crippen LogP contribution in [-0.4, -0.2) is 15.9 Å². The first-order chi connectivity index (χ1) is 11.5. The first-order valence-electron chi connectivity index (χ1n) is 8.08. The average Bonchev–Trinajstić information content (AvgIpc) is 2.59. The SMILES string of the molecule is Nc1c(C(=O)Nc2cccc(C3CCCCC3)c2)[nH]c(=O)[nH]c1=O. The normalized spacial score (nSPS) is 15.2. The molecule has 1 amide bonds. The molecule has 1 fully saturated rings. The van der Waals surface area contributed by atoms with Gasteiger partial charge in [-0.1, -0.05) is 31.4 Å². The summed E-state index contributed by atoms with van der Waals surface area (Å²) in [6.07, 6.45) is 6.05. The number of rotatable bonds is 3. The van der Waals surface area contributed by atoms with Crippen LogP contribution in [0.2, 0.25) is 0 Å². The van der Waals surface area contributed by atoms with Crippen LogP contribution in [0.15, 0.2) is 33.9 Å². The van der Waals surface area contributed by atoms with Crippen molar-refractivity contribution in [3.05, 3.63) is 56.4 Å². The summed E-state index contributed by atoms with van der Waals surface area (Å²) in [7, 11) is 0. The summed E-state index contributed by atoms with van der Waals surface area (Å²) in [5, 5.41) is 2.69. The lowest BCUT2D eigenvalue weighted by Crippen LogP contribution is -2.30. The quantitative estimate of drug-likeness (QED) is 0.688. The molecular weight excluding hydrogens is 308 g/mol. The number of H-pyrrole nitrogens is 2. The number of hydrogen-bond donors (Lipinski definition) is 4. The van der Waals surface area contributed by atoms with E-state index in [1.165, 1.54) is 24.8 Å². The van der Waals surface area contributed by atoms with E-state index in [0.29, 0.717) is 11.6 Å². The number of amides is 1. The molecule has 0 unspecified atom stereocenters. The Morgan fingerprint density at radius 1 is 1.12 bits per heavy atom. The molecule has 126 valence electrons. The maximum atomic E-state index is 12.3. The molecule has 0 bridgehead atoms. The minimum atomic E-state index is -0.778. The minimum Gasteiger partial charge on any atom is -0.392 e. The number of carbonyl (C=O) groups is 1. The van der Waals surface area contributed by atoms with Gasteiger partial charge in [0.15, 0.2) is 0 Å². The number of anilines is 2. The zero-order valence-electron chi connectivity index (χ0n) is 13.2. The van der Waals surface area contributed by atoms with Gasteiger partial charge in [-0.3, -0.25) is 14.6 Å². The first kappa shape index (κ1) is 16.0. The van der Waals surface area contributed by atoms with Gasteiger partial charge in [-0.25, -0.2) is 4.79 Å². The van der Waals surface area contributed by atoms with Gasteiger partial charge in [-0.05, 0) is 36.5 Å². The van der Waals surface area contributed by atoms with E-state index in [0.717, 1.165) is 12.8 Å². The molecule has 1 aliphatic rings. The highest BCUT2D eigenvalue weighted by Crippen LogP contribution is 2.33. The van der Waals surface area contributed by atoms with Crippen LogP contribution in [0.25, 0.3) is 0 Å². The number of aromatic nitrogens is 2. The molecule has 1 aromatic heterocycles. The Labute approximate surface area is 138 Å². The van der Waals surface area contributed by atoms with Crippen molar-refractivity contribution in [2.45, 2.75) is 38.0 Å². The Bertz CT molecular complexity index is 863. The van der Waals surface area contributed by atoms with Crippen molar-refractivity contribution in [3.8, 4) is 0 Å². The molecule has 1 saturated carbocycles. The summed E-state index contributed by atoms with van der Waals surface area (Å²) in [4.78, 5) is 39.4.